The fourth-order valence-corrected chi connectivity index (χ4v) is 3.49. The monoisotopic (exact) mass is 407 g/mol. The second-order valence-corrected chi connectivity index (χ2v) is 7.92. The number of benzene rings is 1. The summed E-state index contributed by atoms with van der Waals surface area (Å²) in [6.45, 7) is 1.71. The standard InChI is InChI=1S/C14H12Cl3N3O3S/c1-2-6-24(22,23)14-18-7-9(16)12(20-14)13(21)19-10-5-3-4-8(15)11(10)17/h3-5,7H,2,6H2,1H3,(H,19,21). The van der Waals surface area contributed by atoms with Crippen LogP contribution in [-0.4, -0.2) is 30.0 Å². The Morgan fingerprint density at radius 2 is 1.92 bits per heavy atom. The smallest absolute Gasteiger partial charge is 0.276 e. The Kier molecular flexibility index (Phi) is 6.03. The first-order valence-electron chi connectivity index (χ1n) is 6.77. The second-order valence-electron chi connectivity index (χ2n) is 4.72. The minimum absolute atomic E-state index is 0.0823. The zero-order chi connectivity index (χ0) is 17.9. The highest BCUT2D eigenvalue weighted by Crippen LogP contribution is 2.30. The number of halogens is 3. The first kappa shape index (κ1) is 18.9. The molecule has 0 fully saturated rings. The summed E-state index contributed by atoms with van der Waals surface area (Å²) < 4.78 is 24.1. The highest BCUT2D eigenvalue weighted by Gasteiger charge is 2.22. The van der Waals surface area contributed by atoms with E-state index >= 15 is 0 Å². The molecule has 0 aliphatic carbocycles. The van der Waals surface area contributed by atoms with Gasteiger partial charge in [-0.2, -0.15) is 0 Å². The molecular weight excluding hydrogens is 397 g/mol. The number of hydrogen-bond donors (Lipinski definition) is 1. The normalized spacial score (nSPS) is 11.3. The van der Waals surface area contributed by atoms with E-state index in [0.29, 0.717) is 6.42 Å². The SMILES string of the molecule is CCCS(=O)(=O)c1ncc(Cl)c(C(=O)Nc2cccc(Cl)c2Cl)n1. The van der Waals surface area contributed by atoms with Crippen LogP contribution in [0.5, 0.6) is 0 Å². The zero-order valence-corrected chi connectivity index (χ0v) is 15.5. The van der Waals surface area contributed by atoms with Crippen molar-refractivity contribution in [3.05, 3.63) is 45.2 Å². The largest absolute Gasteiger partial charge is 0.319 e. The van der Waals surface area contributed by atoms with Gasteiger partial charge in [-0.1, -0.05) is 47.8 Å². The van der Waals surface area contributed by atoms with Crippen LogP contribution >= 0.6 is 34.8 Å². The van der Waals surface area contributed by atoms with Gasteiger partial charge in [0.1, 0.15) is 0 Å². The molecule has 1 aromatic carbocycles. The minimum atomic E-state index is -3.68. The van der Waals surface area contributed by atoms with E-state index in [1.165, 1.54) is 6.07 Å². The van der Waals surface area contributed by atoms with Gasteiger partial charge in [0.25, 0.3) is 5.91 Å². The van der Waals surface area contributed by atoms with E-state index in [9.17, 15) is 13.2 Å². The summed E-state index contributed by atoms with van der Waals surface area (Å²) in [5.74, 6) is -0.852. The van der Waals surface area contributed by atoms with E-state index in [-0.39, 0.29) is 32.2 Å². The molecule has 0 saturated heterocycles. The summed E-state index contributed by atoms with van der Waals surface area (Å²) in [5, 5.41) is 2.37. The second kappa shape index (κ2) is 7.65. The number of anilines is 1. The molecule has 0 saturated carbocycles. The van der Waals surface area contributed by atoms with Crippen molar-refractivity contribution >= 4 is 56.2 Å². The van der Waals surface area contributed by atoms with Crippen LogP contribution in [-0.2, 0) is 9.84 Å². The van der Waals surface area contributed by atoms with E-state index < -0.39 is 20.9 Å². The lowest BCUT2D eigenvalue weighted by Crippen LogP contribution is -2.18. The molecule has 24 heavy (non-hydrogen) atoms. The van der Waals surface area contributed by atoms with Crippen molar-refractivity contribution in [3.8, 4) is 0 Å². The molecule has 10 heteroatoms. The average Bonchev–Trinajstić information content (AvgIpc) is 2.52. The lowest BCUT2D eigenvalue weighted by molar-refractivity contribution is 0.102. The maximum Gasteiger partial charge on any atom is 0.276 e. The van der Waals surface area contributed by atoms with E-state index in [4.69, 9.17) is 34.8 Å². The predicted octanol–water partition coefficient (Wildman–Crippen LogP) is 3.87. The highest BCUT2D eigenvalue weighted by molar-refractivity contribution is 7.91. The zero-order valence-electron chi connectivity index (χ0n) is 12.4. The van der Waals surface area contributed by atoms with Crippen LogP contribution < -0.4 is 5.32 Å². The molecule has 128 valence electrons. The van der Waals surface area contributed by atoms with Crippen LogP contribution in [0.15, 0.2) is 29.6 Å². The van der Waals surface area contributed by atoms with E-state index in [1.54, 1.807) is 19.1 Å². The lowest BCUT2D eigenvalue weighted by Gasteiger charge is -2.09. The molecule has 1 N–H and O–H groups in total. The molecule has 0 radical (unpaired) electrons. The highest BCUT2D eigenvalue weighted by atomic mass is 35.5. The van der Waals surface area contributed by atoms with Crippen LogP contribution in [0.3, 0.4) is 0 Å². The van der Waals surface area contributed by atoms with E-state index in [0.717, 1.165) is 6.20 Å². The van der Waals surface area contributed by atoms with Crippen LogP contribution in [0.25, 0.3) is 0 Å². The molecule has 0 atom stereocenters. The fraction of sp³-hybridized carbons (Fsp3) is 0.214. The maximum absolute atomic E-state index is 12.4. The molecule has 0 aliphatic rings. The van der Waals surface area contributed by atoms with Gasteiger partial charge < -0.3 is 5.32 Å². The quantitative estimate of drug-likeness (QED) is 0.759. The maximum atomic E-state index is 12.4. The third kappa shape index (κ3) is 4.16. The van der Waals surface area contributed by atoms with Crippen molar-refractivity contribution in [2.75, 3.05) is 11.1 Å². The minimum Gasteiger partial charge on any atom is -0.319 e. The van der Waals surface area contributed by atoms with Crippen molar-refractivity contribution < 1.29 is 13.2 Å². The topological polar surface area (TPSA) is 89.0 Å². The first-order valence-corrected chi connectivity index (χ1v) is 9.55. The third-order valence-electron chi connectivity index (χ3n) is 2.89. The van der Waals surface area contributed by atoms with Gasteiger partial charge >= 0.3 is 0 Å². The van der Waals surface area contributed by atoms with Gasteiger partial charge in [0.2, 0.25) is 15.0 Å². The summed E-state index contributed by atoms with van der Waals surface area (Å²) in [6, 6.07) is 4.70. The van der Waals surface area contributed by atoms with Crippen molar-refractivity contribution in [2.24, 2.45) is 0 Å². The molecule has 0 unspecified atom stereocenters. The van der Waals surface area contributed by atoms with Crippen molar-refractivity contribution in [1.82, 2.24) is 9.97 Å². The van der Waals surface area contributed by atoms with E-state index in [2.05, 4.69) is 15.3 Å². The lowest BCUT2D eigenvalue weighted by atomic mass is 10.3. The van der Waals surface area contributed by atoms with Crippen LogP contribution in [0, 0.1) is 0 Å². The molecule has 1 heterocycles. The number of nitrogens with zero attached hydrogens (tertiary/aromatic N) is 2. The molecular formula is C14H12Cl3N3O3S. The number of nitrogens with one attached hydrogen (secondary N) is 1. The Labute approximate surface area is 154 Å². The predicted molar refractivity (Wildman–Crippen MR) is 93.8 cm³/mol. The Morgan fingerprint density at radius 1 is 1.21 bits per heavy atom. The van der Waals surface area contributed by atoms with Gasteiger partial charge in [-0.05, 0) is 18.6 Å². The molecule has 0 aliphatic heterocycles. The number of hydrogen-bond acceptors (Lipinski definition) is 5. The Bertz CT molecular complexity index is 888. The number of sulfone groups is 1. The van der Waals surface area contributed by atoms with Crippen molar-refractivity contribution in [3.63, 3.8) is 0 Å². The number of carbonyl (C=O) groups is 1. The van der Waals surface area contributed by atoms with Gasteiger partial charge in [-0.15, -0.1) is 0 Å². The number of amides is 1. The summed E-state index contributed by atoms with van der Waals surface area (Å²) in [5.41, 5.74) is -0.0146. The molecule has 2 rings (SSSR count). The summed E-state index contributed by atoms with van der Waals surface area (Å²) >= 11 is 17.8. The average molecular weight is 409 g/mol. The van der Waals surface area contributed by atoms with Crippen LogP contribution in [0.4, 0.5) is 5.69 Å². The summed E-state index contributed by atoms with van der Waals surface area (Å²) in [7, 11) is -3.68. The number of aromatic nitrogens is 2. The Morgan fingerprint density at radius 3 is 2.58 bits per heavy atom. The van der Waals surface area contributed by atoms with E-state index in [1.807, 2.05) is 0 Å². The van der Waals surface area contributed by atoms with Gasteiger partial charge in [-0.25, -0.2) is 18.4 Å². The van der Waals surface area contributed by atoms with Gasteiger partial charge in [0, 0.05) is 0 Å². The third-order valence-corrected chi connectivity index (χ3v) is 5.68. The molecule has 0 spiro atoms. The molecule has 0 bridgehead atoms. The molecule has 2 aromatic rings. The number of rotatable bonds is 5. The van der Waals surface area contributed by atoms with Gasteiger partial charge in [-0.3, -0.25) is 4.79 Å². The fourth-order valence-electron chi connectivity index (χ4n) is 1.80. The number of carbonyl (C=O) groups excluding carboxylic acids is 1. The first-order chi connectivity index (χ1) is 11.3. The van der Waals surface area contributed by atoms with Gasteiger partial charge in [0.05, 0.1) is 32.7 Å². The molecule has 6 nitrogen and oxygen atoms in total. The van der Waals surface area contributed by atoms with Gasteiger partial charge in [0.15, 0.2) is 5.69 Å². The summed E-state index contributed by atoms with van der Waals surface area (Å²) in [6.07, 6.45) is 1.47. The summed E-state index contributed by atoms with van der Waals surface area (Å²) in [4.78, 5) is 19.8. The van der Waals surface area contributed by atoms with Crippen molar-refractivity contribution in [1.29, 1.82) is 0 Å². The molecule has 1 amide bonds. The molecule has 1 aromatic heterocycles. The van der Waals surface area contributed by atoms with Crippen molar-refractivity contribution in [2.45, 2.75) is 18.5 Å². The van der Waals surface area contributed by atoms with Crippen LogP contribution in [0.1, 0.15) is 23.8 Å². The Hall–Kier alpha value is -1.41. The van der Waals surface area contributed by atoms with Crippen LogP contribution in [0.2, 0.25) is 15.1 Å². The Balaban J connectivity index is 2.37.